The van der Waals surface area contributed by atoms with Crippen molar-refractivity contribution in [3.05, 3.63) is 57.3 Å². The van der Waals surface area contributed by atoms with Gasteiger partial charge in [0.25, 0.3) is 5.91 Å². The van der Waals surface area contributed by atoms with E-state index in [2.05, 4.69) is 30.6 Å². The third kappa shape index (κ3) is 3.57. The van der Waals surface area contributed by atoms with Crippen LogP contribution in [0.25, 0.3) is 11.8 Å². The predicted octanol–water partition coefficient (Wildman–Crippen LogP) is 3.48. The molecule has 0 saturated carbocycles. The summed E-state index contributed by atoms with van der Waals surface area (Å²) < 4.78 is 26.4. The zero-order valence-corrected chi connectivity index (χ0v) is 19.4. The lowest BCUT2D eigenvalue weighted by atomic mass is 10.1. The van der Waals surface area contributed by atoms with Gasteiger partial charge in [0.15, 0.2) is 5.84 Å². The molecule has 0 unspecified atom stereocenters. The number of hydrogen-bond donors (Lipinski definition) is 1. The maximum absolute atomic E-state index is 12.6. The highest BCUT2D eigenvalue weighted by atomic mass is 79.9. The highest BCUT2D eigenvalue weighted by Gasteiger charge is 2.38. The van der Waals surface area contributed by atoms with E-state index >= 15 is 0 Å². The summed E-state index contributed by atoms with van der Waals surface area (Å²) in [6.45, 7) is 3.89. The van der Waals surface area contributed by atoms with Gasteiger partial charge in [0.05, 0.1) is 5.57 Å². The number of nitrogens with zero attached hydrogens (tertiary/aromatic N) is 4. The number of aryl methyl sites for hydroxylation is 1. The summed E-state index contributed by atoms with van der Waals surface area (Å²) in [6.07, 6.45) is 2.62. The van der Waals surface area contributed by atoms with Gasteiger partial charge in [-0.15, -0.1) is 5.10 Å². The molecular formula is C19H16BrN5O3S2. The van der Waals surface area contributed by atoms with E-state index in [1.165, 1.54) is 0 Å². The van der Waals surface area contributed by atoms with E-state index in [4.69, 9.17) is 5.41 Å². The fourth-order valence-corrected chi connectivity index (χ4v) is 5.15. The Labute approximate surface area is 185 Å². The van der Waals surface area contributed by atoms with Crippen molar-refractivity contribution in [1.29, 1.82) is 5.41 Å². The van der Waals surface area contributed by atoms with E-state index in [0.29, 0.717) is 0 Å². The summed E-state index contributed by atoms with van der Waals surface area (Å²) in [5, 5.41) is 13.5. The van der Waals surface area contributed by atoms with Crippen LogP contribution in [0.2, 0.25) is 0 Å². The second-order valence-corrected chi connectivity index (χ2v) is 10.9. The number of aliphatic imine (C=N–C) groups is 1. The normalized spacial score (nSPS) is 18.0. The number of rotatable bonds is 2. The minimum absolute atomic E-state index is 0.0499. The van der Waals surface area contributed by atoms with Crippen molar-refractivity contribution >= 4 is 64.9 Å². The van der Waals surface area contributed by atoms with E-state index in [0.717, 1.165) is 50.1 Å². The number of halogens is 1. The monoisotopic (exact) mass is 505 g/mol. The molecule has 0 radical (unpaired) electrons. The topological polar surface area (TPSA) is 108 Å². The summed E-state index contributed by atoms with van der Waals surface area (Å²) in [5.41, 5.74) is 3.65. The number of hydrogen-bond acceptors (Lipinski definition) is 6. The van der Waals surface area contributed by atoms with Gasteiger partial charge in [0, 0.05) is 27.8 Å². The molecule has 2 aliphatic rings. The summed E-state index contributed by atoms with van der Waals surface area (Å²) in [5.74, 6) is -0.804. The lowest BCUT2D eigenvalue weighted by molar-refractivity contribution is -0.114. The van der Waals surface area contributed by atoms with Gasteiger partial charge < -0.3 is 4.57 Å². The largest absolute Gasteiger partial charge is 0.318 e. The number of amidine groups is 2. The molecule has 0 spiro atoms. The lowest BCUT2D eigenvalue weighted by Crippen LogP contribution is -2.35. The van der Waals surface area contributed by atoms with Gasteiger partial charge in [-0.2, -0.15) is 10.0 Å². The molecule has 2 aromatic rings. The average molecular weight is 506 g/mol. The van der Waals surface area contributed by atoms with Gasteiger partial charge >= 0.3 is 0 Å². The van der Waals surface area contributed by atoms with Crippen molar-refractivity contribution in [1.82, 2.24) is 9.58 Å². The van der Waals surface area contributed by atoms with Crippen LogP contribution in [0, 0.1) is 19.3 Å². The highest BCUT2D eigenvalue weighted by molar-refractivity contribution is 9.10. The molecule has 8 nitrogen and oxygen atoms in total. The number of sulfone groups is 1. The molecule has 4 rings (SSSR count). The molecule has 11 heteroatoms. The Hall–Kier alpha value is -2.50. The maximum Gasteiger partial charge on any atom is 0.283 e. The van der Waals surface area contributed by atoms with E-state index in [-0.39, 0.29) is 21.0 Å². The molecule has 154 valence electrons. The fourth-order valence-electron chi connectivity index (χ4n) is 3.20. The number of amides is 1. The van der Waals surface area contributed by atoms with E-state index < -0.39 is 15.7 Å². The van der Waals surface area contributed by atoms with Crippen LogP contribution < -0.4 is 0 Å². The van der Waals surface area contributed by atoms with Crippen LogP contribution in [0.5, 0.6) is 0 Å². The Morgan fingerprint density at radius 1 is 1.20 bits per heavy atom. The summed E-state index contributed by atoms with van der Waals surface area (Å²) >= 11 is 4.20. The molecule has 0 bridgehead atoms. The third-order valence-electron chi connectivity index (χ3n) is 4.61. The smallest absolute Gasteiger partial charge is 0.283 e. The van der Waals surface area contributed by atoms with Crippen molar-refractivity contribution in [2.75, 3.05) is 6.26 Å². The van der Waals surface area contributed by atoms with Gasteiger partial charge in [-0.3, -0.25) is 10.2 Å². The molecule has 1 aromatic carbocycles. The summed E-state index contributed by atoms with van der Waals surface area (Å²) in [6, 6.07) is 9.79. The van der Waals surface area contributed by atoms with E-state index in [9.17, 15) is 13.2 Å². The Morgan fingerprint density at radius 3 is 2.50 bits per heavy atom. The summed E-state index contributed by atoms with van der Waals surface area (Å²) in [7, 11) is -3.56. The van der Waals surface area contributed by atoms with Crippen molar-refractivity contribution in [3.63, 3.8) is 0 Å². The molecule has 1 aromatic heterocycles. The quantitative estimate of drug-likeness (QED) is 0.628. The summed E-state index contributed by atoms with van der Waals surface area (Å²) in [4.78, 5) is 16.5. The molecule has 1 N–H and O–H groups in total. The Morgan fingerprint density at radius 2 is 1.87 bits per heavy atom. The molecule has 0 aliphatic carbocycles. The molecule has 3 heterocycles. The van der Waals surface area contributed by atoms with Gasteiger partial charge in [0.2, 0.25) is 19.4 Å². The number of nitrogens with one attached hydrogen (secondary N) is 1. The zero-order chi connectivity index (χ0) is 21.8. The number of carbonyl (C=O) groups is 1. The molecule has 0 atom stereocenters. The molecular weight excluding hydrogens is 490 g/mol. The first-order chi connectivity index (χ1) is 14.1. The first-order valence-corrected chi connectivity index (χ1v) is 12.2. The van der Waals surface area contributed by atoms with Crippen LogP contribution in [0.3, 0.4) is 0 Å². The Kier molecular flexibility index (Phi) is 5.07. The van der Waals surface area contributed by atoms with E-state index in [1.807, 2.05) is 44.2 Å². The van der Waals surface area contributed by atoms with Crippen LogP contribution in [0.15, 0.2) is 50.5 Å². The standard InChI is InChI=1S/C19H16BrN5O3S2/c1-10-8-12(11(2)24(10)14-6-4-13(20)5-7-14)9-15-16(21)25-18(22-17(15)26)29-19(23-25)30(3,27)28/h4-9,21H,1-3H3/b15-9+,21-16?. The van der Waals surface area contributed by atoms with Crippen LogP contribution in [-0.2, 0) is 14.6 Å². The maximum atomic E-state index is 12.6. The van der Waals surface area contributed by atoms with Gasteiger partial charge in [-0.25, -0.2) is 8.42 Å². The first-order valence-electron chi connectivity index (χ1n) is 8.71. The number of thioether (sulfide) groups is 1. The third-order valence-corrected chi connectivity index (χ3v) is 7.71. The number of carbonyl (C=O) groups excluding carboxylic acids is 1. The number of hydrazone groups is 1. The van der Waals surface area contributed by atoms with Crippen LogP contribution >= 0.6 is 27.7 Å². The highest BCUT2D eigenvalue weighted by Crippen LogP contribution is 2.31. The minimum atomic E-state index is -3.56. The number of aromatic nitrogens is 1. The van der Waals surface area contributed by atoms with Crippen LogP contribution in [0.1, 0.15) is 17.0 Å². The second kappa shape index (κ2) is 7.33. The Balaban J connectivity index is 1.75. The SMILES string of the molecule is Cc1cc(/C=C2\C(=N)N3N=C(S(C)(=O)=O)SC3=NC2=O)c(C)n1-c1ccc(Br)cc1. The van der Waals surface area contributed by atoms with Gasteiger partial charge in [-0.1, -0.05) is 15.9 Å². The minimum Gasteiger partial charge on any atom is -0.318 e. The van der Waals surface area contributed by atoms with Crippen molar-refractivity contribution in [2.45, 2.75) is 13.8 Å². The fraction of sp³-hybridized carbons (Fsp3) is 0.158. The molecule has 0 saturated heterocycles. The second-order valence-electron chi connectivity index (χ2n) is 6.80. The molecule has 2 aliphatic heterocycles. The average Bonchev–Trinajstić information content (AvgIpc) is 3.21. The van der Waals surface area contributed by atoms with Crippen molar-refractivity contribution in [3.8, 4) is 5.69 Å². The molecule has 1 amide bonds. The van der Waals surface area contributed by atoms with Gasteiger partial charge in [-0.05, 0) is 67.6 Å². The van der Waals surface area contributed by atoms with Crippen molar-refractivity contribution < 1.29 is 13.2 Å². The lowest BCUT2D eigenvalue weighted by Gasteiger charge is -2.20. The zero-order valence-electron chi connectivity index (χ0n) is 16.2. The molecule has 0 fully saturated rings. The number of fused-ring (bicyclic) bond motifs is 1. The van der Waals surface area contributed by atoms with Gasteiger partial charge in [0.1, 0.15) is 0 Å². The predicted molar refractivity (Wildman–Crippen MR) is 123 cm³/mol. The van der Waals surface area contributed by atoms with E-state index in [1.54, 1.807) is 6.08 Å². The molecule has 30 heavy (non-hydrogen) atoms. The Bertz CT molecular complexity index is 1300. The van der Waals surface area contributed by atoms with Crippen LogP contribution in [-0.4, -0.2) is 45.5 Å². The van der Waals surface area contributed by atoms with Crippen molar-refractivity contribution in [2.24, 2.45) is 10.1 Å². The van der Waals surface area contributed by atoms with Crippen LogP contribution in [0.4, 0.5) is 0 Å². The first kappa shape index (κ1) is 20.8. The number of benzene rings is 1.